The van der Waals surface area contributed by atoms with Crippen molar-refractivity contribution in [3.05, 3.63) is 80.6 Å². The molecular weight excluding hydrogens is 456 g/mol. The lowest BCUT2D eigenvalue weighted by molar-refractivity contribution is -0.384. The maximum absolute atomic E-state index is 12.3. The van der Waals surface area contributed by atoms with Crippen molar-refractivity contribution in [2.24, 2.45) is 0 Å². The van der Waals surface area contributed by atoms with E-state index >= 15 is 0 Å². The number of nitro groups is 1. The highest BCUT2D eigenvalue weighted by molar-refractivity contribution is 7.13. The number of nitro benzene ring substituents is 1. The number of hydrogen-bond donors (Lipinski definition) is 0. The van der Waals surface area contributed by atoms with Crippen LogP contribution in [0.1, 0.15) is 24.6 Å². The molecular formula is C21H15ClN4O5S. The quantitative estimate of drug-likeness (QED) is 0.203. The third-order valence-corrected chi connectivity index (χ3v) is 5.55. The van der Waals surface area contributed by atoms with E-state index in [-0.39, 0.29) is 23.9 Å². The van der Waals surface area contributed by atoms with E-state index in [1.807, 2.05) is 18.2 Å². The first-order valence-corrected chi connectivity index (χ1v) is 10.6. The van der Waals surface area contributed by atoms with Gasteiger partial charge in [-0.25, -0.2) is 4.98 Å². The van der Waals surface area contributed by atoms with Gasteiger partial charge < -0.3 is 9.15 Å². The second kappa shape index (κ2) is 9.25. The van der Waals surface area contributed by atoms with Crippen molar-refractivity contribution in [1.29, 1.82) is 0 Å². The predicted molar refractivity (Wildman–Crippen MR) is 117 cm³/mol. The van der Waals surface area contributed by atoms with Crippen molar-refractivity contribution in [2.75, 3.05) is 0 Å². The molecule has 4 rings (SSSR count). The standard InChI is InChI=1S/C21H15ClN4O5S/c1-12(19-24-25-20(31-19)13-5-7-17(8-6-13)26(28)29)30-18(27)10-16-11-32-21(23-16)14-3-2-4-15(22)9-14/h2-9,11-12H,10H2,1H3. The van der Waals surface area contributed by atoms with Gasteiger partial charge in [0.1, 0.15) is 5.01 Å². The van der Waals surface area contributed by atoms with Crippen LogP contribution in [0.2, 0.25) is 5.02 Å². The van der Waals surface area contributed by atoms with Gasteiger partial charge in [-0.05, 0) is 31.2 Å². The summed E-state index contributed by atoms with van der Waals surface area (Å²) in [6.45, 7) is 1.61. The fourth-order valence-corrected chi connectivity index (χ4v) is 3.83. The Balaban J connectivity index is 1.37. The molecule has 0 fully saturated rings. The average molecular weight is 471 g/mol. The zero-order chi connectivity index (χ0) is 22.7. The molecule has 2 heterocycles. The number of ether oxygens (including phenoxy) is 1. The van der Waals surface area contributed by atoms with Gasteiger partial charge in [-0.1, -0.05) is 23.7 Å². The molecule has 0 amide bonds. The SMILES string of the molecule is CC(OC(=O)Cc1csc(-c2cccc(Cl)c2)n1)c1nnc(-c2ccc([N+](=O)[O-])cc2)o1. The van der Waals surface area contributed by atoms with Gasteiger partial charge in [-0.3, -0.25) is 14.9 Å². The minimum Gasteiger partial charge on any atom is -0.452 e. The highest BCUT2D eigenvalue weighted by Crippen LogP contribution is 2.27. The molecule has 1 atom stereocenters. The van der Waals surface area contributed by atoms with Crippen LogP contribution >= 0.6 is 22.9 Å². The maximum atomic E-state index is 12.3. The summed E-state index contributed by atoms with van der Waals surface area (Å²) in [6, 6.07) is 13.0. The lowest BCUT2D eigenvalue weighted by atomic mass is 10.2. The fourth-order valence-electron chi connectivity index (χ4n) is 2.82. The molecule has 162 valence electrons. The lowest BCUT2D eigenvalue weighted by Crippen LogP contribution is -2.12. The van der Waals surface area contributed by atoms with E-state index in [9.17, 15) is 14.9 Å². The van der Waals surface area contributed by atoms with Crippen LogP contribution in [0.5, 0.6) is 0 Å². The van der Waals surface area contributed by atoms with E-state index in [0.717, 1.165) is 10.6 Å². The van der Waals surface area contributed by atoms with Crippen LogP contribution < -0.4 is 0 Å². The monoisotopic (exact) mass is 470 g/mol. The van der Waals surface area contributed by atoms with Crippen LogP contribution in [-0.2, 0) is 16.0 Å². The van der Waals surface area contributed by atoms with Crippen molar-refractivity contribution in [2.45, 2.75) is 19.4 Å². The number of carbonyl (C=O) groups is 1. The van der Waals surface area contributed by atoms with E-state index in [4.69, 9.17) is 20.8 Å². The molecule has 0 aliphatic carbocycles. The largest absolute Gasteiger partial charge is 0.452 e. The smallest absolute Gasteiger partial charge is 0.312 e. The number of esters is 1. The van der Waals surface area contributed by atoms with Crippen LogP contribution in [0.3, 0.4) is 0 Å². The third-order valence-electron chi connectivity index (χ3n) is 4.37. The maximum Gasteiger partial charge on any atom is 0.312 e. The first-order valence-electron chi connectivity index (χ1n) is 9.37. The fraction of sp³-hybridized carbons (Fsp3) is 0.143. The highest BCUT2D eigenvalue weighted by atomic mass is 35.5. The molecule has 32 heavy (non-hydrogen) atoms. The summed E-state index contributed by atoms with van der Waals surface area (Å²) in [4.78, 5) is 27.1. The van der Waals surface area contributed by atoms with Crippen molar-refractivity contribution >= 4 is 34.6 Å². The van der Waals surface area contributed by atoms with Gasteiger partial charge in [-0.15, -0.1) is 21.5 Å². The molecule has 0 spiro atoms. The molecule has 11 heteroatoms. The van der Waals surface area contributed by atoms with E-state index < -0.39 is 17.0 Å². The normalized spacial score (nSPS) is 11.8. The van der Waals surface area contributed by atoms with Gasteiger partial charge >= 0.3 is 5.97 Å². The molecule has 0 bridgehead atoms. The lowest BCUT2D eigenvalue weighted by Gasteiger charge is -2.08. The summed E-state index contributed by atoms with van der Waals surface area (Å²) in [5.74, 6) is -0.205. The second-order valence-electron chi connectivity index (χ2n) is 6.71. The van der Waals surface area contributed by atoms with Gasteiger partial charge in [0.2, 0.25) is 5.89 Å². The Bertz CT molecular complexity index is 1270. The Hall–Kier alpha value is -3.63. The van der Waals surface area contributed by atoms with Gasteiger partial charge in [0.25, 0.3) is 11.6 Å². The van der Waals surface area contributed by atoms with Crippen LogP contribution in [0.15, 0.2) is 58.3 Å². The molecule has 0 N–H and O–H groups in total. The van der Waals surface area contributed by atoms with Gasteiger partial charge in [0, 0.05) is 33.7 Å². The molecule has 0 saturated carbocycles. The number of non-ortho nitro benzene ring substituents is 1. The van der Waals surface area contributed by atoms with Crippen molar-refractivity contribution in [3.63, 3.8) is 0 Å². The van der Waals surface area contributed by atoms with E-state index in [1.165, 1.54) is 35.6 Å². The number of hydrogen-bond acceptors (Lipinski definition) is 9. The number of aromatic nitrogens is 3. The van der Waals surface area contributed by atoms with E-state index in [0.29, 0.717) is 16.3 Å². The number of benzene rings is 2. The molecule has 9 nitrogen and oxygen atoms in total. The number of nitrogens with zero attached hydrogens (tertiary/aromatic N) is 4. The Morgan fingerprint density at radius 2 is 2.00 bits per heavy atom. The Morgan fingerprint density at radius 1 is 1.22 bits per heavy atom. The Labute approximate surface area is 190 Å². The van der Waals surface area contributed by atoms with Crippen molar-refractivity contribution in [3.8, 4) is 22.0 Å². The summed E-state index contributed by atoms with van der Waals surface area (Å²) in [5, 5.41) is 21.7. The first kappa shape index (κ1) is 21.6. The summed E-state index contributed by atoms with van der Waals surface area (Å²) in [5.41, 5.74) is 1.93. The third kappa shape index (κ3) is 4.98. The first-order chi connectivity index (χ1) is 15.4. The summed E-state index contributed by atoms with van der Waals surface area (Å²) in [6.07, 6.45) is -0.780. The Morgan fingerprint density at radius 3 is 2.72 bits per heavy atom. The Kier molecular flexibility index (Phi) is 6.24. The summed E-state index contributed by atoms with van der Waals surface area (Å²) < 4.78 is 11.0. The molecule has 0 saturated heterocycles. The predicted octanol–water partition coefficient (Wildman–Crippen LogP) is 5.27. The topological polar surface area (TPSA) is 121 Å². The molecule has 2 aromatic heterocycles. The van der Waals surface area contributed by atoms with E-state index in [2.05, 4.69) is 15.2 Å². The average Bonchev–Trinajstić information content (AvgIpc) is 3.44. The minimum absolute atomic E-state index is 0.00917. The number of halogens is 1. The van der Waals surface area contributed by atoms with Gasteiger partial charge in [0.15, 0.2) is 6.10 Å². The molecule has 0 aliphatic rings. The summed E-state index contributed by atoms with van der Waals surface area (Å²) >= 11 is 7.43. The van der Waals surface area contributed by atoms with Crippen molar-refractivity contribution in [1.82, 2.24) is 15.2 Å². The van der Waals surface area contributed by atoms with Crippen LogP contribution in [0.25, 0.3) is 22.0 Å². The summed E-state index contributed by atoms with van der Waals surface area (Å²) in [7, 11) is 0. The zero-order valence-electron chi connectivity index (χ0n) is 16.6. The van der Waals surface area contributed by atoms with Crippen molar-refractivity contribution < 1.29 is 18.9 Å². The highest BCUT2D eigenvalue weighted by Gasteiger charge is 2.20. The van der Waals surface area contributed by atoms with Gasteiger partial charge in [0.05, 0.1) is 17.0 Å². The van der Waals surface area contributed by atoms with Crippen LogP contribution in [0, 0.1) is 10.1 Å². The molecule has 1 unspecified atom stereocenters. The molecule has 4 aromatic rings. The molecule has 0 radical (unpaired) electrons. The van der Waals surface area contributed by atoms with Crippen LogP contribution in [-0.4, -0.2) is 26.1 Å². The second-order valence-corrected chi connectivity index (χ2v) is 8.01. The number of thiazole rings is 1. The zero-order valence-corrected chi connectivity index (χ0v) is 18.2. The molecule has 0 aliphatic heterocycles. The minimum atomic E-state index is -0.771. The number of rotatable bonds is 7. The van der Waals surface area contributed by atoms with Gasteiger partial charge in [-0.2, -0.15) is 0 Å². The molecule has 2 aromatic carbocycles. The number of carbonyl (C=O) groups excluding carboxylic acids is 1. The van der Waals surface area contributed by atoms with Crippen LogP contribution in [0.4, 0.5) is 5.69 Å². The van der Waals surface area contributed by atoms with E-state index in [1.54, 1.807) is 18.4 Å².